The molecule has 1 saturated heterocycles. The number of hydrogen-bond acceptors (Lipinski definition) is 3. The smallest absolute Gasteiger partial charge is 0.243 e. The van der Waals surface area contributed by atoms with Gasteiger partial charge in [0.25, 0.3) is 0 Å². The molecule has 6 nitrogen and oxygen atoms in total. The Balaban J connectivity index is 1.67. The highest BCUT2D eigenvalue weighted by molar-refractivity contribution is 7.89. The van der Waals surface area contributed by atoms with Gasteiger partial charge >= 0.3 is 0 Å². The van der Waals surface area contributed by atoms with Crippen molar-refractivity contribution in [3.05, 3.63) is 60.3 Å². The zero-order valence-corrected chi connectivity index (χ0v) is 16.5. The van der Waals surface area contributed by atoms with Crippen LogP contribution >= 0.6 is 0 Å². The lowest BCUT2D eigenvalue weighted by Crippen LogP contribution is -2.38. The van der Waals surface area contributed by atoms with Gasteiger partial charge in [-0.25, -0.2) is 8.42 Å². The van der Waals surface area contributed by atoms with E-state index in [-0.39, 0.29) is 16.8 Å². The number of fused-ring (bicyclic) bond motifs is 1. The number of carbonyl (C=O) groups excluding carboxylic acids is 1. The van der Waals surface area contributed by atoms with E-state index in [4.69, 9.17) is 0 Å². The van der Waals surface area contributed by atoms with Crippen molar-refractivity contribution in [3.63, 3.8) is 0 Å². The molecule has 146 valence electrons. The van der Waals surface area contributed by atoms with Gasteiger partial charge in [0.1, 0.15) is 0 Å². The summed E-state index contributed by atoms with van der Waals surface area (Å²) in [5.41, 5.74) is 2.52. The minimum absolute atomic E-state index is 0.189. The first-order chi connectivity index (χ1) is 13.4. The second kappa shape index (κ2) is 7.41. The van der Waals surface area contributed by atoms with Crippen LogP contribution in [0, 0.1) is 0 Å². The topological polar surface area (TPSA) is 82.3 Å². The normalized spacial score (nSPS) is 18.2. The Hall–Kier alpha value is -2.64. The van der Waals surface area contributed by atoms with Crippen LogP contribution in [0.2, 0.25) is 0 Å². The molecule has 1 aromatic heterocycles. The number of carbonyl (C=O) groups is 1. The molecule has 0 bridgehead atoms. The molecular formula is C21H23N3O3S. The van der Waals surface area contributed by atoms with E-state index in [1.807, 2.05) is 30.3 Å². The molecular weight excluding hydrogens is 374 g/mol. The number of anilines is 1. The van der Waals surface area contributed by atoms with Gasteiger partial charge in [-0.2, -0.15) is 4.31 Å². The van der Waals surface area contributed by atoms with Crippen LogP contribution in [0.25, 0.3) is 10.9 Å². The molecule has 1 amide bonds. The molecule has 0 spiro atoms. The van der Waals surface area contributed by atoms with Gasteiger partial charge in [-0.05, 0) is 54.6 Å². The van der Waals surface area contributed by atoms with E-state index in [0.717, 1.165) is 35.9 Å². The fraction of sp³-hybridized carbons (Fsp3) is 0.286. The molecule has 1 fully saturated rings. The average Bonchev–Trinajstić information content (AvgIpc) is 3.12. The minimum atomic E-state index is -3.64. The second-order valence-corrected chi connectivity index (χ2v) is 9.04. The zero-order valence-electron chi connectivity index (χ0n) is 15.7. The van der Waals surface area contributed by atoms with Crippen LogP contribution in [0.15, 0.2) is 59.5 Å². The van der Waals surface area contributed by atoms with Crippen molar-refractivity contribution >= 4 is 32.5 Å². The van der Waals surface area contributed by atoms with Crippen LogP contribution in [0.4, 0.5) is 5.69 Å². The molecule has 2 N–H and O–H groups in total. The molecule has 1 aliphatic rings. The summed E-state index contributed by atoms with van der Waals surface area (Å²) in [5.74, 6) is -0.189. The van der Waals surface area contributed by atoms with Crippen LogP contribution in [-0.4, -0.2) is 30.2 Å². The van der Waals surface area contributed by atoms with Crippen molar-refractivity contribution in [1.29, 1.82) is 0 Å². The highest BCUT2D eigenvalue weighted by atomic mass is 32.2. The number of piperidine rings is 1. The highest BCUT2D eigenvalue weighted by Crippen LogP contribution is 2.36. The summed E-state index contributed by atoms with van der Waals surface area (Å²) < 4.78 is 28.3. The maximum absolute atomic E-state index is 13.3. The van der Waals surface area contributed by atoms with Crippen LogP contribution in [0.5, 0.6) is 0 Å². The number of rotatable bonds is 4. The first kappa shape index (κ1) is 18.7. The largest absolute Gasteiger partial charge is 0.357 e. The summed E-state index contributed by atoms with van der Waals surface area (Å²) in [6.45, 7) is 1.92. The van der Waals surface area contributed by atoms with Gasteiger partial charge in [0.2, 0.25) is 15.9 Å². The van der Waals surface area contributed by atoms with E-state index >= 15 is 0 Å². The van der Waals surface area contributed by atoms with Gasteiger partial charge in [0.05, 0.1) is 10.9 Å². The van der Waals surface area contributed by atoms with Crippen molar-refractivity contribution in [1.82, 2.24) is 9.29 Å². The number of para-hydroxylation sites is 1. The lowest BCUT2D eigenvalue weighted by molar-refractivity contribution is -0.114. The monoisotopic (exact) mass is 397 g/mol. The maximum atomic E-state index is 13.3. The third-order valence-electron chi connectivity index (χ3n) is 5.14. The molecule has 3 aromatic rings. The van der Waals surface area contributed by atoms with Gasteiger partial charge in [-0.3, -0.25) is 4.79 Å². The molecule has 1 unspecified atom stereocenters. The average molecular weight is 398 g/mol. The number of aromatic nitrogens is 1. The zero-order chi connectivity index (χ0) is 19.7. The third kappa shape index (κ3) is 3.55. The van der Waals surface area contributed by atoms with Crippen LogP contribution in [0.1, 0.15) is 37.9 Å². The fourth-order valence-corrected chi connectivity index (χ4v) is 5.50. The number of aromatic amines is 1. The van der Waals surface area contributed by atoms with Crippen LogP contribution < -0.4 is 5.32 Å². The molecule has 2 heterocycles. The summed E-state index contributed by atoms with van der Waals surface area (Å²) in [6.07, 6.45) is 2.63. The van der Waals surface area contributed by atoms with Crippen molar-refractivity contribution in [3.8, 4) is 0 Å². The summed E-state index contributed by atoms with van der Waals surface area (Å²) in [7, 11) is -3.64. The summed E-state index contributed by atoms with van der Waals surface area (Å²) >= 11 is 0. The fourth-order valence-electron chi connectivity index (χ4n) is 3.83. The van der Waals surface area contributed by atoms with Crippen molar-refractivity contribution in [2.24, 2.45) is 0 Å². The molecule has 28 heavy (non-hydrogen) atoms. The number of hydrogen-bond donors (Lipinski definition) is 2. The third-order valence-corrected chi connectivity index (χ3v) is 7.07. The molecule has 4 rings (SSSR count). The number of benzene rings is 2. The Kier molecular flexibility index (Phi) is 4.95. The standard InChI is InChI=1S/C21H23N3O3S/c1-15(25)22-17-9-11-18(12-10-17)28(26,27)24-13-5-4-8-21(24)20-14-16-6-2-3-7-19(16)23-20/h2-3,6-7,9-12,14,21,23H,4-5,8,13H2,1H3,(H,22,25). The number of amides is 1. The summed E-state index contributed by atoms with van der Waals surface area (Å²) in [5, 5.41) is 3.74. The van der Waals surface area contributed by atoms with E-state index in [2.05, 4.69) is 10.3 Å². The molecule has 0 aliphatic carbocycles. The second-order valence-electron chi connectivity index (χ2n) is 7.14. The molecule has 0 saturated carbocycles. The first-order valence-electron chi connectivity index (χ1n) is 9.42. The van der Waals surface area contributed by atoms with Gasteiger partial charge in [0.15, 0.2) is 0 Å². The Morgan fingerprint density at radius 3 is 2.57 bits per heavy atom. The van der Waals surface area contributed by atoms with Gasteiger partial charge in [-0.15, -0.1) is 0 Å². The lowest BCUT2D eigenvalue weighted by atomic mass is 10.0. The SMILES string of the molecule is CC(=O)Nc1ccc(S(=O)(=O)N2CCCCC2c2cc3ccccc3[nH]2)cc1. The van der Waals surface area contributed by atoms with Crippen LogP contribution in [-0.2, 0) is 14.8 Å². The number of H-pyrrole nitrogens is 1. The van der Waals surface area contributed by atoms with E-state index in [1.165, 1.54) is 6.92 Å². The lowest BCUT2D eigenvalue weighted by Gasteiger charge is -2.34. The van der Waals surface area contributed by atoms with E-state index in [1.54, 1.807) is 28.6 Å². The summed E-state index contributed by atoms with van der Waals surface area (Å²) in [6, 6.07) is 16.2. The number of sulfonamides is 1. The Bertz CT molecular complexity index is 1070. The van der Waals surface area contributed by atoms with Crippen molar-refractivity contribution in [2.45, 2.75) is 37.1 Å². The van der Waals surface area contributed by atoms with Crippen LogP contribution in [0.3, 0.4) is 0 Å². The Morgan fingerprint density at radius 2 is 1.86 bits per heavy atom. The minimum Gasteiger partial charge on any atom is -0.357 e. The van der Waals surface area contributed by atoms with E-state index in [9.17, 15) is 13.2 Å². The van der Waals surface area contributed by atoms with Crippen molar-refractivity contribution < 1.29 is 13.2 Å². The number of nitrogens with zero attached hydrogens (tertiary/aromatic N) is 1. The van der Waals surface area contributed by atoms with E-state index < -0.39 is 10.0 Å². The van der Waals surface area contributed by atoms with Gasteiger partial charge in [0, 0.05) is 30.4 Å². The maximum Gasteiger partial charge on any atom is 0.243 e. The van der Waals surface area contributed by atoms with Gasteiger partial charge < -0.3 is 10.3 Å². The predicted octanol–water partition coefficient (Wildman–Crippen LogP) is 4.04. The molecule has 1 atom stereocenters. The predicted molar refractivity (Wildman–Crippen MR) is 110 cm³/mol. The Labute approximate surface area is 164 Å². The van der Waals surface area contributed by atoms with Crippen molar-refractivity contribution in [2.75, 3.05) is 11.9 Å². The Morgan fingerprint density at radius 1 is 1.11 bits per heavy atom. The molecule has 7 heteroatoms. The molecule has 1 aliphatic heterocycles. The van der Waals surface area contributed by atoms with Gasteiger partial charge in [-0.1, -0.05) is 24.6 Å². The molecule has 0 radical (unpaired) electrons. The van der Waals surface area contributed by atoms with E-state index in [0.29, 0.717) is 12.2 Å². The first-order valence-corrected chi connectivity index (χ1v) is 10.9. The molecule has 2 aromatic carbocycles. The highest BCUT2D eigenvalue weighted by Gasteiger charge is 2.35. The number of nitrogens with one attached hydrogen (secondary N) is 2. The quantitative estimate of drug-likeness (QED) is 0.697. The summed E-state index contributed by atoms with van der Waals surface area (Å²) in [4.78, 5) is 14.8.